The van der Waals surface area contributed by atoms with Crippen LogP contribution in [0.1, 0.15) is 12.5 Å². The number of amides is 1. The van der Waals surface area contributed by atoms with Crippen molar-refractivity contribution in [3.05, 3.63) is 58.1 Å². The first-order chi connectivity index (χ1) is 13.2. The fourth-order valence-corrected chi connectivity index (χ4v) is 2.75. The molecular weight excluding hydrogens is 360 g/mol. The molecule has 8 heteroatoms. The van der Waals surface area contributed by atoms with Crippen LogP contribution in [0.15, 0.2) is 42.5 Å². The smallest absolute Gasteiger partial charge is 0.282 e. The number of anilines is 2. The molecule has 2 rings (SSSR count). The molecule has 150 valence electrons. The highest BCUT2D eigenvalue weighted by atomic mass is 16.6. The van der Waals surface area contributed by atoms with Gasteiger partial charge in [0.05, 0.1) is 30.8 Å². The zero-order chi connectivity index (χ0) is 20.8. The number of rotatable bonds is 8. The second-order valence-corrected chi connectivity index (χ2v) is 6.94. The number of hydrogen-bond donors (Lipinski definition) is 2. The molecule has 1 unspecified atom stereocenters. The van der Waals surface area contributed by atoms with E-state index in [-0.39, 0.29) is 23.4 Å². The van der Waals surface area contributed by atoms with E-state index < -0.39 is 4.92 Å². The molecule has 8 nitrogen and oxygen atoms in total. The van der Waals surface area contributed by atoms with Gasteiger partial charge in [0.1, 0.15) is 12.3 Å². The number of quaternary nitrogens is 1. The van der Waals surface area contributed by atoms with Crippen molar-refractivity contribution in [1.29, 1.82) is 0 Å². The van der Waals surface area contributed by atoms with Crippen molar-refractivity contribution in [3.63, 3.8) is 0 Å². The zero-order valence-corrected chi connectivity index (χ0v) is 16.9. The van der Waals surface area contributed by atoms with Crippen LogP contribution in [0.5, 0.6) is 5.75 Å². The largest absolute Gasteiger partial charge is 0.494 e. The number of nitro groups is 1. The third-order valence-electron chi connectivity index (χ3n) is 4.72. The van der Waals surface area contributed by atoms with Crippen LogP contribution in [0.3, 0.4) is 0 Å². The first-order valence-corrected chi connectivity index (χ1v) is 8.94. The highest BCUT2D eigenvalue weighted by molar-refractivity contribution is 5.95. The SMILES string of the molecule is COc1cc([N+](=O)[O-])ccc1NC(=O)[C@@H](C)[NH+](C)Cc1ccc(N(C)C)cc1. The molecule has 0 aromatic heterocycles. The summed E-state index contributed by atoms with van der Waals surface area (Å²) in [6, 6.07) is 12.0. The lowest BCUT2D eigenvalue weighted by molar-refractivity contribution is -0.907. The second kappa shape index (κ2) is 9.18. The van der Waals surface area contributed by atoms with E-state index in [1.807, 2.05) is 33.0 Å². The number of ether oxygens (including phenoxy) is 1. The molecule has 2 aromatic rings. The molecule has 0 heterocycles. The van der Waals surface area contributed by atoms with Crippen LogP contribution in [0, 0.1) is 10.1 Å². The van der Waals surface area contributed by atoms with Crippen molar-refractivity contribution < 1.29 is 19.4 Å². The summed E-state index contributed by atoms with van der Waals surface area (Å²) < 4.78 is 5.17. The van der Waals surface area contributed by atoms with Gasteiger partial charge in [-0.1, -0.05) is 12.1 Å². The monoisotopic (exact) mass is 387 g/mol. The average Bonchev–Trinajstić information content (AvgIpc) is 2.67. The van der Waals surface area contributed by atoms with Gasteiger partial charge >= 0.3 is 0 Å². The number of methoxy groups -OCH3 is 1. The molecule has 2 aromatic carbocycles. The van der Waals surface area contributed by atoms with E-state index in [0.717, 1.165) is 16.2 Å². The van der Waals surface area contributed by atoms with Crippen LogP contribution < -0.4 is 19.9 Å². The molecule has 0 aliphatic rings. The van der Waals surface area contributed by atoms with E-state index in [9.17, 15) is 14.9 Å². The third-order valence-corrected chi connectivity index (χ3v) is 4.72. The van der Waals surface area contributed by atoms with Crippen LogP contribution in [0.2, 0.25) is 0 Å². The van der Waals surface area contributed by atoms with E-state index in [1.54, 1.807) is 0 Å². The number of carbonyl (C=O) groups is 1. The maximum Gasteiger partial charge on any atom is 0.282 e. The van der Waals surface area contributed by atoms with Crippen molar-refractivity contribution in [1.82, 2.24) is 0 Å². The molecule has 0 aliphatic heterocycles. The fourth-order valence-electron chi connectivity index (χ4n) is 2.75. The second-order valence-electron chi connectivity index (χ2n) is 6.94. The van der Waals surface area contributed by atoms with Gasteiger partial charge in [-0.15, -0.1) is 0 Å². The van der Waals surface area contributed by atoms with Gasteiger partial charge < -0.3 is 19.9 Å². The Hall–Kier alpha value is -3.13. The molecule has 2 N–H and O–H groups in total. The summed E-state index contributed by atoms with van der Waals surface area (Å²) in [5.74, 6) is 0.0706. The Kier molecular flexibility index (Phi) is 6.94. The van der Waals surface area contributed by atoms with Gasteiger partial charge in [0, 0.05) is 31.4 Å². The van der Waals surface area contributed by atoms with Crippen molar-refractivity contribution in [2.45, 2.75) is 19.5 Å². The van der Waals surface area contributed by atoms with E-state index in [2.05, 4.69) is 29.6 Å². The standard InChI is InChI=1S/C20H26N4O4/c1-14(23(4)13-15-6-8-16(9-7-15)22(2)3)20(25)21-18-11-10-17(24(26)27)12-19(18)28-5/h6-12,14H,13H2,1-5H3,(H,21,25)/p+1/t14-/m1/s1. The predicted molar refractivity (Wildman–Crippen MR) is 109 cm³/mol. The summed E-state index contributed by atoms with van der Waals surface area (Å²) >= 11 is 0. The van der Waals surface area contributed by atoms with E-state index >= 15 is 0 Å². The Balaban J connectivity index is 2.04. The van der Waals surface area contributed by atoms with Gasteiger partial charge in [0.2, 0.25) is 0 Å². The minimum Gasteiger partial charge on any atom is -0.494 e. The van der Waals surface area contributed by atoms with Crippen LogP contribution >= 0.6 is 0 Å². The quantitative estimate of drug-likeness (QED) is 0.532. The van der Waals surface area contributed by atoms with Gasteiger partial charge in [-0.3, -0.25) is 14.9 Å². The Morgan fingerprint density at radius 1 is 1.25 bits per heavy atom. The maximum atomic E-state index is 12.6. The van der Waals surface area contributed by atoms with E-state index in [4.69, 9.17) is 4.74 Å². The average molecular weight is 387 g/mol. The third kappa shape index (κ3) is 5.20. The first kappa shape index (κ1) is 21.2. The number of non-ortho nitro benzene ring substituents is 1. The van der Waals surface area contributed by atoms with Crippen LogP contribution in [-0.2, 0) is 11.3 Å². The number of nitrogens with one attached hydrogen (secondary N) is 2. The molecule has 0 fully saturated rings. The Morgan fingerprint density at radius 2 is 1.89 bits per heavy atom. The maximum absolute atomic E-state index is 12.6. The molecular formula is C20H27N4O4+. The fraction of sp³-hybridized carbons (Fsp3) is 0.350. The molecule has 0 bridgehead atoms. The van der Waals surface area contributed by atoms with Crippen LogP contribution in [-0.4, -0.2) is 45.1 Å². The van der Waals surface area contributed by atoms with Crippen molar-refractivity contribution in [2.24, 2.45) is 0 Å². The normalized spacial score (nSPS) is 12.8. The van der Waals surface area contributed by atoms with E-state index in [1.165, 1.54) is 25.3 Å². The summed E-state index contributed by atoms with van der Waals surface area (Å²) in [6.07, 6.45) is 0. The Morgan fingerprint density at radius 3 is 2.43 bits per heavy atom. The molecule has 0 radical (unpaired) electrons. The summed E-state index contributed by atoms with van der Waals surface area (Å²) in [5.41, 5.74) is 2.58. The van der Waals surface area contributed by atoms with E-state index in [0.29, 0.717) is 12.2 Å². The summed E-state index contributed by atoms with van der Waals surface area (Å²) in [6.45, 7) is 2.54. The number of hydrogen-bond acceptors (Lipinski definition) is 5. The molecule has 0 saturated carbocycles. The van der Waals surface area contributed by atoms with Gasteiger partial charge in [-0.05, 0) is 25.1 Å². The minimum atomic E-state index is -0.504. The van der Waals surface area contributed by atoms with Crippen molar-refractivity contribution >= 4 is 23.0 Å². The lowest BCUT2D eigenvalue weighted by atomic mass is 10.1. The van der Waals surface area contributed by atoms with Crippen LogP contribution in [0.4, 0.5) is 17.1 Å². The number of likely N-dealkylation sites (N-methyl/N-ethyl adjacent to an activating group) is 1. The first-order valence-electron chi connectivity index (χ1n) is 8.94. The Labute approximate surface area is 164 Å². The molecule has 0 spiro atoms. The highest BCUT2D eigenvalue weighted by Crippen LogP contribution is 2.29. The topological polar surface area (TPSA) is 89.1 Å². The highest BCUT2D eigenvalue weighted by Gasteiger charge is 2.23. The number of benzene rings is 2. The molecule has 0 aliphatic carbocycles. The number of carbonyl (C=O) groups excluding carboxylic acids is 1. The minimum absolute atomic E-state index is 0.0909. The summed E-state index contributed by atoms with van der Waals surface area (Å²) in [5, 5.41) is 13.7. The zero-order valence-electron chi connectivity index (χ0n) is 16.9. The van der Waals surface area contributed by atoms with Crippen molar-refractivity contribution in [3.8, 4) is 5.75 Å². The molecule has 28 heavy (non-hydrogen) atoms. The number of nitro benzene ring substituents is 1. The van der Waals surface area contributed by atoms with Gasteiger partial charge in [-0.2, -0.15) is 0 Å². The van der Waals surface area contributed by atoms with Crippen LogP contribution in [0.25, 0.3) is 0 Å². The van der Waals surface area contributed by atoms with Gasteiger partial charge in [-0.25, -0.2) is 0 Å². The van der Waals surface area contributed by atoms with Gasteiger partial charge in [0.25, 0.3) is 11.6 Å². The Bertz CT molecular complexity index is 837. The van der Waals surface area contributed by atoms with Gasteiger partial charge in [0.15, 0.2) is 6.04 Å². The molecule has 1 amide bonds. The number of nitrogens with zero attached hydrogens (tertiary/aromatic N) is 2. The predicted octanol–water partition coefficient (Wildman–Crippen LogP) is 1.71. The molecule has 2 atom stereocenters. The molecule has 0 saturated heterocycles. The van der Waals surface area contributed by atoms with Crippen molar-refractivity contribution in [2.75, 3.05) is 38.5 Å². The summed E-state index contributed by atoms with van der Waals surface area (Å²) in [4.78, 5) is 26.1. The lowest BCUT2D eigenvalue weighted by Crippen LogP contribution is -3.12. The lowest BCUT2D eigenvalue weighted by Gasteiger charge is -2.22. The summed E-state index contributed by atoms with van der Waals surface area (Å²) in [7, 11) is 7.35.